The standard InChI is InChI=1S/C16H19N3O4/c1-3-19(9-15(20)17-16-6-11(2)18-23-16)8-12-4-5-13-14(7-12)22-10-21-13/h4-7H,3,8-10H2,1-2H3,(H,17,20). The van der Waals surface area contributed by atoms with E-state index in [1.54, 1.807) is 13.0 Å². The minimum Gasteiger partial charge on any atom is -0.454 e. The third kappa shape index (κ3) is 3.81. The fourth-order valence-electron chi connectivity index (χ4n) is 2.38. The largest absolute Gasteiger partial charge is 0.454 e. The van der Waals surface area contributed by atoms with Crippen molar-refractivity contribution in [1.82, 2.24) is 10.1 Å². The van der Waals surface area contributed by atoms with E-state index >= 15 is 0 Å². The second-order valence-corrected chi connectivity index (χ2v) is 5.37. The summed E-state index contributed by atoms with van der Waals surface area (Å²) in [7, 11) is 0. The van der Waals surface area contributed by atoms with Crippen LogP contribution in [0.25, 0.3) is 0 Å². The number of anilines is 1. The van der Waals surface area contributed by atoms with Crippen LogP contribution in [0.3, 0.4) is 0 Å². The van der Waals surface area contributed by atoms with Crippen LogP contribution in [-0.2, 0) is 11.3 Å². The zero-order valence-electron chi connectivity index (χ0n) is 13.2. The van der Waals surface area contributed by atoms with Crippen LogP contribution in [0.4, 0.5) is 5.88 Å². The van der Waals surface area contributed by atoms with Gasteiger partial charge in [0.25, 0.3) is 0 Å². The Kier molecular flexibility index (Phi) is 4.47. The summed E-state index contributed by atoms with van der Waals surface area (Å²) in [4.78, 5) is 14.1. The molecule has 23 heavy (non-hydrogen) atoms. The Morgan fingerprint density at radius 1 is 1.30 bits per heavy atom. The number of likely N-dealkylation sites (N-methyl/N-ethyl adjacent to an activating group) is 1. The first-order chi connectivity index (χ1) is 11.1. The predicted molar refractivity (Wildman–Crippen MR) is 83.4 cm³/mol. The summed E-state index contributed by atoms with van der Waals surface area (Å²) >= 11 is 0. The van der Waals surface area contributed by atoms with E-state index in [1.165, 1.54) is 0 Å². The Labute approximate surface area is 134 Å². The van der Waals surface area contributed by atoms with Gasteiger partial charge in [-0.1, -0.05) is 18.1 Å². The Hall–Kier alpha value is -2.54. The molecule has 2 aromatic rings. The molecule has 0 saturated carbocycles. The zero-order valence-corrected chi connectivity index (χ0v) is 13.2. The highest BCUT2D eigenvalue weighted by atomic mass is 16.7. The first-order valence-corrected chi connectivity index (χ1v) is 7.48. The van der Waals surface area contributed by atoms with Crippen molar-refractivity contribution in [2.24, 2.45) is 0 Å². The van der Waals surface area contributed by atoms with Crippen LogP contribution in [0, 0.1) is 6.92 Å². The molecule has 2 heterocycles. The van der Waals surface area contributed by atoms with Crippen molar-refractivity contribution < 1.29 is 18.8 Å². The van der Waals surface area contributed by atoms with Gasteiger partial charge in [-0.15, -0.1) is 0 Å². The van der Waals surface area contributed by atoms with Gasteiger partial charge in [0.2, 0.25) is 18.6 Å². The van der Waals surface area contributed by atoms with Gasteiger partial charge < -0.3 is 14.0 Å². The molecule has 0 unspecified atom stereocenters. The van der Waals surface area contributed by atoms with Crippen molar-refractivity contribution in [3.05, 3.63) is 35.5 Å². The van der Waals surface area contributed by atoms with Gasteiger partial charge in [0.1, 0.15) is 0 Å². The maximum Gasteiger partial charge on any atom is 0.240 e. The maximum absolute atomic E-state index is 12.1. The topological polar surface area (TPSA) is 76.8 Å². The molecule has 3 rings (SSSR count). The fraction of sp³-hybridized carbons (Fsp3) is 0.375. The Morgan fingerprint density at radius 2 is 2.13 bits per heavy atom. The van der Waals surface area contributed by atoms with E-state index in [0.717, 1.165) is 29.3 Å². The summed E-state index contributed by atoms with van der Waals surface area (Å²) < 4.78 is 15.7. The lowest BCUT2D eigenvalue weighted by Crippen LogP contribution is -2.32. The van der Waals surface area contributed by atoms with E-state index in [1.807, 2.05) is 30.0 Å². The second kappa shape index (κ2) is 6.70. The Bertz CT molecular complexity index is 698. The Morgan fingerprint density at radius 3 is 2.87 bits per heavy atom. The van der Waals surface area contributed by atoms with Crippen LogP contribution in [0.1, 0.15) is 18.2 Å². The van der Waals surface area contributed by atoms with Gasteiger partial charge in [-0.3, -0.25) is 15.0 Å². The summed E-state index contributed by atoms with van der Waals surface area (Å²) in [5.74, 6) is 1.74. The molecule has 1 N–H and O–H groups in total. The minimum atomic E-state index is -0.135. The number of ether oxygens (including phenoxy) is 2. The van der Waals surface area contributed by atoms with Crippen LogP contribution in [0.15, 0.2) is 28.8 Å². The van der Waals surface area contributed by atoms with Gasteiger partial charge in [-0.2, -0.15) is 0 Å². The molecule has 1 aromatic carbocycles. The van der Waals surface area contributed by atoms with E-state index in [9.17, 15) is 4.79 Å². The average molecular weight is 317 g/mol. The molecular formula is C16H19N3O4. The third-order valence-electron chi connectivity index (χ3n) is 3.55. The van der Waals surface area contributed by atoms with Gasteiger partial charge in [-0.25, -0.2) is 0 Å². The molecule has 0 bridgehead atoms. The minimum absolute atomic E-state index is 0.135. The monoisotopic (exact) mass is 317 g/mol. The van der Waals surface area contributed by atoms with Crippen molar-refractivity contribution in [3.8, 4) is 11.5 Å². The SMILES string of the molecule is CCN(CC(=O)Nc1cc(C)no1)Cc1ccc2c(c1)OCO2. The number of carbonyl (C=O) groups excluding carboxylic acids is 1. The molecule has 7 heteroatoms. The number of benzene rings is 1. The normalized spacial score (nSPS) is 12.7. The molecular weight excluding hydrogens is 298 g/mol. The van der Waals surface area contributed by atoms with E-state index in [4.69, 9.17) is 14.0 Å². The van der Waals surface area contributed by atoms with Crippen LogP contribution in [0.2, 0.25) is 0 Å². The molecule has 7 nitrogen and oxygen atoms in total. The molecule has 122 valence electrons. The average Bonchev–Trinajstić information content (AvgIpc) is 3.14. The highest BCUT2D eigenvalue weighted by Crippen LogP contribution is 2.32. The van der Waals surface area contributed by atoms with Crippen LogP contribution in [-0.4, -0.2) is 35.8 Å². The summed E-state index contributed by atoms with van der Waals surface area (Å²) in [5.41, 5.74) is 1.80. The van der Waals surface area contributed by atoms with E-state index < -0.39 is 0 Å². The van der Waals surface area contributed by atoms with E-state index in [-0.39, 0.29) is 19.2 Å². The van der Waals surface area contributed by atoms with Crippen molar-refractivity contribution in [3.63, 3.8) is 0 Å². The van der Waals surface area contributed by atoms with Gasteiger partial charge in [-0.05, 0) is 31.2 Å². The number of hydrogen-bond acceptors (Lipinski definition) is 6. The number of aromatic nitrogens is 1. The lowest BCUT2D eigenvalue weighted by molar-refractivity contribution is -0.117. The molecule has 0 atom stereocenters. The molecule has 0 fully saturated rings. The van der Waals surface area contributed by atoms with Gasteiger partial charge >= 0.3 is 0 Å². The lowest BCUT2D eigenvalue weighted by Gasteiger charge is -2.19. The lowest BCUT2D eigenvalue weighted by atomic mass is 10.2. The number of fused-ring (bicyclic) bond motifs is 1. The highest BCUT2D eigenvalue weighted by Gasteiger charge is 2.16. The van der Waals surface area contributed by atoms with Crippen molar-refractivity contribution in [1.29, 1.82) is 0 Å². The van der Waals surface area contributed by atoms with Crippen molar-refractivity contribution in [2.45, 2.75) is 20.4 Å². The summed E-state index contributed by atoms with van der Waals surface area (Å²) in [6.45, 7) is 5.74. The first-order valence-electron chi connectivity index (χ1n) is 7.48. The molecule has 1 aliphatic heterocycles. The summed E-state index contributed by atoms with van der Waals surface area (Å²) in [6, 6.07) is 7.51. The number of rotatable bonds is 6. The van der Waals surface area contributed by atoms with Gasteiger partial charge in [0, 0.05) is 12.6 Å². The van der Waals surface area contributed by atoms with Crippen LogP contribution >= 0.6 is 0 Å². The van der Waals surface area contributed by atoms with Crippen molar-refractivity contribution >= 4 is 11.8 Å². The number of hydrogen-bond donors (Lipinski definition) is 1. The number of carbonyl (C=O) groups is 1. The van der Waals surface area contributed by atoms with E-state index in [0.29, 0.717) is 12.4 Å². The predicted octanol–water partition coefficient (Wildman–Crippen LogP) is 2.17. The molecule has 0 spiro atoms. The summed E-state index contributed by atoms with van der Waals surface area (Å²) in [6.07, 6.45) is 0. The highest BCUT2D eigenvalue weighted by molar-refractivity contribution is 5.90. The molecule has 0 saturated heterocycles. The third-order valence-corrected chi connectivity index (χ3v) is 3.55. The molecule has 1 aromatic heterocycles. The number of nitrogens with one attached hydrogen (secondary N) is 1. The first kappa shape index (κ1) is 15.4. The van der Waals surface area contributed by atoms with Crippen molar-refractivity contribution in [2.75, 3.05) is 25.2 Å². The maximum atomic E-state index is 12.1. The number of amides is 1. The zero-order chi connectivity index (χ0) is 16.2. The van der Waals surface area contributed by atoms with Gasteiger partial charge in [0.05, 0.1) is 12.2 Å². The fourth-order valence-corrected chi connectivity index (χ4v) is 2.38. The molecule has 0 aliphatic carbocycles. The smallest absolute Gasteiger partial charge is 0.240 e. The van der Waals surface area contributed by atoms with Crippen LogP contribution < -0.4 is 14.8 Å². The van der Waals surface area contributed by atoms with Gasteiger partial charge in [0.15, 0.2) is 11.5 Å². The second-order valence-electron chi connectivity index (χ2n) is 5.37. The number of aryl methyl sites for hydroxylation is 1. The van der Waals surface area contributed by atoms with Crippen LogP contribution in [0.5, 0.6) is 11.5 Å². The van der Waals surface area contributed by atoms with E-state index in [2.05, 4.69) is 10.5 Å². The molecule has 1 amide bonds. The molecule has 1 aliphatic rings. The quantitative estimate of drug-likeness (QED) is 0.880. The Balaban J connectivity index is 1.58. The number of nitrogens with zero attached hydrogens (tertiary/aromatic N) is 2. The summed E-state index contributed by atoms with van der Waals surface area (Å²) in [5, 5.41) is 6.44. The molecule has 0 radical (unpaired) electrons.